The van der Waals surface area contributed by atoms with Gasteiger partial charge in [-0.1, -0.05) is 30.0 Å². The standard InChI is InChI=1S/C9H7ClN2S/c10-5-13-9-7-3-1-2-4-8(7)11-6-12-9/h1-4,6H,5H2. The Labute approximate surface area is 85.3 Å². The molecule has 0 N–H and O–H groups in total. The Morgan fingerprint density at radius 3 is 2.92 bits per heavy atom. The first kappa shape index (κ1) is 8.78. The Kier molecular flexibility index (Phi) is 2.66. The first-order valence-corrected chi connectivity index (χ1v) is 5.32. The van der Waals surface area contributed by atoms with Crippen LogP contribution in [-0.4, -0.2) is 15.2 Å². The average molecular weight is 211 g/mol. The second kappa shape index (κ2) is 3.94. The highest BCUT2D eigenvalue weighted by Crippen LogP contribution is 2.24. The zero-order valence-corrected chi connectivity index (χ0v) is 8.35. The topological polar surface area (TPSA) is 25.8 Å². The largest absolute Gasteiger partial charge is 0.236 e. The fourth-order valence-electron chi connectivity index (χ4n) is 1.15. The van der Waals surface area contributed by atoms with Crippen molar-refractivity contribution in [3.63, 3.8) is 0 Å². The summed E-state index contributed by atoms with van der Waals surface area (Å²) >= 11 is 7.16. The molecule has 0 aliphatic rings. The second-order valence-corrected chi connectivity index (χ2v) is 4.00. The summed E-state index contributed by atoms with van der Waals surface area (Å²) in [5, 5.41) is 2.53. The van der Waals surface area contributed by atoms with Gasteiger partial charge in [0.2, 0.25) is 0 Å². The minimum atomic E-state index is 0.515. The number of fused-ring (bicyclic) bond motifs is 1. The SMILES string of the molecule is ClCSc1ncnc2ccccc12. The molecule has 0 saturated heterocycles. The predicted octanol–water partition coefficient (Wildman–Crippen LogP) is 2.92. The van der Waals surface area contributed by atoms with Crippen LogP contribution in [0, 0.1) is 0 Å². The van der Waals surface area contributed by atoms with Crippen LogP contribution in [0.2, 0.25) is 0 Å². The summed E-state index contributed by atoms with van der Waals surface area (Å²) in [4.78, 5) is 8.32. The zero-order chi connectivity index (χ0) is 9.10. The van der Waals surface area contributed by atoms with Crippen molar-refractivity contribution in [2.45, 2.75) is 5.03 Å². The highest BCUT2D eigenvalue weighted by Gasteiger charge is 2.01. The van der Waals surface area contributed by atoms with Gasteiger partial charge in [0.1, 0.15) is 11.4 Å². The molecule has 0 radical (unpaired) electrons. The van der Waals surface area contributed by atoms with E-state index in [0.29, 0.717) is 5.21 Å². The van der Waals surface area contributed by atoms with Crippen molar-refractivity contribution in [2.24, 2.45) is 0 Å². The number of hydrogen-bond donors (Lipinski definition) is 0. The van der Waals surface area contributed by atoms with E-state index in [1.807, 2.05) is 24.3 Å². The predicted molar refractivity (Wildman–Crippen MR) is 56.1 cm³/mol. The maximum absolute atomic E-state index is 5.64. The first-order chi connectivity index (χ1) is 6.42. The van der Waals surface area contributed by atoms with Crippen LogP contribution in [0.15, 0.2) is 35.6 Å². The molecule has 2 nitrogen and oxygen atoms in total. The number of thioether (sulfide) groups is 1. The van der Waals surface area contributed by atoms with Crippen LogP contribution in [0.4, 0.5) is 0 Å². The highest BCUT2D eigenvalue weighted by atomic mass is 35.5. The van der Waals surface area contributed by atoms with Gasteiger partial charge in [-0.3, -0.25) is 0 Å². The van der Waals surface area contributed by atoms with Crippen molar-refractivity contribution < 1.29 is 0 Å². The smallest absolute Gasteiger partial charge is 0.117 e. The van der Waals surface area contributed by atoms with E-state index < -0.39 is 0 Å². The van der Waals surface area contributed by atoms with Crippen LogP contribution >= 0.6 is 23.4 Å². The molecule has 2 rings (SSSR count). The summed E-state index contributed by atoms with van der Waals surface area (Å²) in [5.41, 5.74) is 0.963. The molecule has 1 heterocycles. The molecular formula is C9H7ClN2S. The van der Waals surface area contributed by atoms with Crippen molar-refractivity contribution in [3.05, 3.63) is 30.6 Å². The quantitative estimate of drug-likeness (QED) is 0.433. The molecule has 66 valence electrons. The summed E-state index contributed by atoms with van der Waals surface area (Å²) in [7, 11) is 0. The van der Waals surface area contributed by atoms with Gasteiger partial charge < -0.3 is 0 Å². The van der Waals surface area contributed by atoms with Gasteiger partial charge in [-0.25, -0.2) is 9.97 Å². The monoisotopic (exact) mass is 210 g/mol. The Hall–Kier alpha value is -0.800. The third-order valence-electron chi connectivity index (χ3n) is 1.70. The highest BCUT2D eigenvalue weighted by molar-refractivity contribution is 8.00. The maximum atomic E-state index is 5.64. The Balaban J connectivity index is 2.61. The Morgan fingerprint density at radius 1 is 1.23 bits per heavy atom. The lowest BCUT2D eigenvalue weighted by molar-refractivity contribution is 1.10. The molecule has 0 spiro atoms. The summed E-state index contributed by atoms with van der Waals surface area (Å²) in [5.74, 6) is 0. The molecule has 0 aliphatic carbocycles. The van der Waals surface area contributed by atoms with Crippen LogP contribution in [0.3, 0.4) is 0 Å². The molecule has 0 atom stereocenters. The van der Waals surface area contributed by atoms with E-state index >= 15 is 0 Å². The maximum Gasteiger partial charge on any atom is 0.117 e. The number of para-hydroxylation sites is 1. The van der Waals surface area contributed by atoms with E-state index in [-0.39, 0.29) is 0 Å². The Bertz CT molecular complexity index is 414. The number of halogens is 1. The number of aromatic nitrogens is 2. The lowest BCUT2D eigenvalue weighted by Crippen LogP contribution is -1.85. The summed E-state index contributed by atoms with van der Waals surface area (Å²) in [6.45, 7) is 0. The molecule has 1 aromatic carbocycles. The van der Waals surface area contributed by atoms with Crippen LogP contribution in [0.1, 0.15) is 0 Å². The van der Waals surface area contributed by atoms with E-state index in [2.05, 4.69) is 9.97 Å². The summed E-state index contributed by atoms with van der Waals surface area (Å²) in [6, 6.07) is 7.91. The fourth-order valence-corrected chi connectivity index (χ4v) is 2.01. The Morgan fingerprint density at radius 2 is 2.08 bits per heavy atom. The third-order valence-corrected chi connectivity index (χ3v) is 2.73. The zero-order valence-electron chi connectivity index (χ0n) is 6.77. The minimum Gasteiger partial charge on any atom is -0.236 e. The van der Waals surface area contributed by atoms with Gasteiger partial charge >= 0.3 is 0 Å². The molecule has 13 heavy (non-hydrogen) atoms. The minimum absolute atomic E-state index is 0.515. The molecule has 0 aliphatic heterocycles. The molecule has 4 heteroatoms. The molecule has 2 aromatic rings. The van der Waals surface area contributed by atoms with E-state index in [1.54, 1.807) is 6.33 Å². The third kappa shape index (κ3) is 1.76. The van der Waals surface area contributed by atoms with Crippen molar-refractivity contribution in [3.8, 4) is 0 Å². The van der Waals surface area contributed by atoms with Gasteiger partial charge in [0.15, 0.2) is 0 Å². The van der Waals surface area contributed by atoms with Crippen LogP contribution in [0.5, 0.6) is 0 Å². The number of nitrogens with zero attached hydrogens (tertiary/aromatic N) is 2. The van der Waals surface area contributed by atoms with Crippen LogP contribution in [0.25, 0.3) is 10.9 Å². The molecular weight excluding hydrogens is 204 g/mol. The first-order valence-electron chi connectivity index (χ1n) is 3.80. The molecule has 0 bridgehead atoms. The molecule has 0 amide bonds. The molecule has 0 fully saturated rings. The molecule has 1 aromatic heterocycles. The lowest BCUT2D eigenvalue weighted by atomic mass is 10.2. The van der Waals surface area contributed by atoms with E-state index in [4.69, 9.17) is 11.6 Å². The van der Waals surface area contributed by atoms with Crippen LogP contribution in [-0.2, 0) is 0 Å². The van der Waals surface area contributed by atoms with Gasteiger partial charge in [-0.15, -0.1) is 11.6 Å². The molecule has 0 unspecified atom stereocenters. The summed E-state index contributed by atoms with van der Waals surface area (Å²) < 4.78 is 0. The number of hydrogen-bond acceptors (Lipinski definition) is 3. The normalized spacial score (nSPS) is 10.5. The van der Waals surface area contributed by atoms with E-state index in [0.717, 1.165) is 15.9 Å². The second-order valence-electron chi connectivity index (χ2n) is 2.45. The van der Waals surface area contributed by atoms with E-state index in [9.17, 15) is 0 Å². The van der Waals surface area contributed by atoms with Gasteiger partial charge in [0, 0.05) is 5.39 Å². The van der Waals surface area contributed by atoms with Gasteiger partial charge in [-0.05, 0) is 6.07 Å². The lowest BCUT2D eigenvalue weighted by Gasteiger charge is -2.00. The van der Waals surface area contributed by atoms with Gasteiger partial charge in [0.05, 0.1) is 10.7 Å². The van der Waals surface area contributed by atoms with Crippen molar-refractivity contribution in [1.82, 2.24) is 9.97 Å². The number of rotatable bonds is 2. The van der Waals surface area contributed by atoms with E-state index in [1.165, 1.54) is 11.8 Å². The fraction of sp³-hybridized carbons (Fsp3) is 0.111. The van der Waals surface area contributed by atoms with Gasteiger partial charge in [0.25, 0.3) is 0 Å². The van der Waals surface area contributed by atoms with Crippen molar-refractivity contribution >= 4 is 34.3 Å². The van der Waals surface area contributed by atoms with Crippen LogP contribution < -0.4 is 0 Å². The van der Waals surface area contributed by atoms with Gasteiger partial charge in [-0.2, -0.15) is 0 Å². The van der Waals surface area contributed by atoms with Crippen molar-refractivity contribution in [1.29, 1.82) is 0 Å². The average Bonchev–Trinajstić information content (AvgIpc) is 2.19. The number of alkyl halides is 1. The van der Waals surface area contributed by atoms with Crippen molar-refractivity contribution in [2.75, 3.05) is 5.21 Å². The molecule has 0 saturated carbocycles. The summed E-state index contributed by atoms with van der Waals surface area (Å²) in [6.07, 6.45) is 1.57. The number of benzene rings is 1.